The topological polar surface area (TPSA) is 94.0 Å². The Morgan fingerprint density at radius 3 is 2.85 bits per heavy atom. The third-order valence-corrected chi connectivity index (χ3v) is 5.96. The first-order valence-corrected chi connectivity index (χ1v) is 9.16. The summed E-state index contributed by atoms with van der Waals surface area (Å²) in [5, 5.41) is 11.7. The molecule has 0 radical (unpaired) electrons. The van der Waals surface area contributed by atoms with Crippen molar-refractivity contribution < 1.29 is 13.2 Å². The smallest absolute Gasteiger partial charge is 0.216 e. The molecule has 0 aromatic carbocycles. The van der Waals surface area contributed by atoms with E-state index < -0.39 is 9.84 Å². The average Bonchev–Trinajstić information content (AvgIpc) is 2.88. The Balaban J connectivity index is 1.95. The molecule has 0 unspecified atom stereocenters. The molecule has 0 bridgehead atoms. The van der Waals surface area contributed by atoms with Crippen molar-refractivity contribution in [1.82, 2.24) is 20.1 Å². The molecular formula is C11H18N4O3S2. The molecule has 0 saturated carbocycles. The van der Waals surface area contributed by atoms with Crippen LogP contribution in [0.5, 0.6) is 0 Å². The van der Waals surface area contributed by atoms with Crippen LogP contribution in [0.25, 0.3) is 0 Å². The van der Waals surface area contributed by atoms with Crippen molar-refractivity contribution >= 4 is 27.5 Å². The van der Waals surface area contributed by atoms with Crippen LogP contribution in [0.4, 0.5) is 0 Å². The summed E-state index contributed by atoms with van der Waals surface area (Å²) in [5.41, 5.74) is 0. The highest BCUT2D eigenvalue weighted by Gasteiger charge is 2.32. The van der Waals surface area contributed by atoms with Crippen molar-refractivity contribution in [2.45, 2.75) is 24.4 Å². The Kier molecular flexibility index (Phi) is 4.69. The molecule has 1 amide bonds. The summed E-state index contributed by atoms with van der Waals surface area (Å²) in [6.07, 6.45) is 0.616. The fourth-order valence-corrected chi connectivity index (χ4v) is 4.69. The number of thioether (sulfide) groups is 1. The first-order valence-electron chi connectivity index (χ1n) is 6.36. The quantitative estimate of drug-likeness (QED) is 0.604. The second-order valence-corrected chi connectivity index (χ2v) is 8.12. The summed E-state index contributed by atoms with van der Waals surface area (Å²) >= 11 is 1.49. The van der Waals surface area contributed by atoms with Crippen LogP contribution < -0.4 is 5.32 Å². The van der Waals surface area contributed by atoms with Crippen molar-refractivity contribution in [3.05, 3.63) is 5.82 Å². The minimum Gasteiger partial charge on any atom is -0.356 e. The largest absolute Gasteiger partial charge is 0.356 e. The summed E-state index contributed by atoms with van der Waals surface area (Å²) in [6.45, 7) is 2.05. The van der Waals surface area contributed by atoms with Crippen molar-refractivity contribution in [1.29, 1.82) is 0 Å². The number of amides is 1. The fraction of sp³-hybridized carbons (Fsp3) is 0.727. The molecule has 1 aromatic rings. The van der Waals surface area contributed by atoms with Gasteiger partial charge >= 0.3 is 0 Å². The van der Waals surface area contributed by atoms with Gasteiger partial charge in [0, 0.05) is 32.2 Å². The van der Waals surface area contributed by atoms with Gasteiger partial charge in [0.25, 0.3) is 0 Å². The highest BCUT2D eigenvalue weighted by Crippen LogP contribution is 2.29. The maximum Gasteiger partial charge on any atom is 0.216 e. The van der Waals surface area contributed by atoms with Crippen molar-refractivity contribution in [3.63, 3.8) is 0 Å². The Bertz CT molecular complexity index is 597. The van der Waals surface area contributed by atoms with Crippen LogP contribution in [0, 0.1) is 0 Å². The van der Waals surface area contributed by atoms with Gasteiger partial charge in [-0.15, -0.1) is 10.2 Å². The first kappa shape index (κ1) is 15.3. The molecule has 1 aromatic heterocycles. The van der Waals surface area contributed by atoms with Crippen LogP contribution in [-0.4, -0.2) is 52.9 Å². The lowest BCUT2D eigenvalue weighted by atomic mass is 10.1. The molecule has 1 fully saturated rings. The molecule has 9 heteroatoms. The van der Waals surface area contributed by atoms with Gasteiger partial charge in [0.2, 0.25) is 5.91 Å². The Morgan fingerprint density at radius 1 is 1.50 bits per heavy atom. The van der Waals surface area contributed by atoms with Crippen molar-refractivity contribution in [2.75, 3.05) is 23.8 Å². The number of nitrogens with zero attached hydrogens (tertiary/aromatic N) is 3. The first-order chi connectivity index (χ1) is 9.39. The van der Waals surface area contributed by atoms with Gasteiger partial charge in [0.1, 0.15) is 5.82 Å². The molecule has 0 aliphatic carbocycles. The molecule has 1 N–H and O–H groups in total. The summed E-state index contributed by atoms with van der Waals surface area (Å²) < 4.78 is 24.9. The zero-order valence-electron chi connectivity index (χ0n) is 11.5. The van der Waals surface area contributed by atoms with Gasteiger partial charge in [0.05, 0.1) is 11.5 Å². The monoisotopic (exact) mass is 318 g/mol. The normalized spacial score (nSPS) is 21.0. The number of carbonyl (C=O) groups excluding carboxylic acids is 1. The van der Waals surface area contributed by atoms with Crippen molar-refractivity contribution in [3.8, 4) is 0 Å². The average molecular weight is 318 g/mol. The molecule has 1 atom stereocenters. The molecule has 20 heavy (non-hydrogen) atoms. The van der Waals surface area contributed by atoms with Gasteiger partial charge in [-0.3, -0.25) is 4.79 Å². The Morgan fingerprint density at radius 2 is 2.25 bits per heavy atom. The maximum atomic E-state index is 11.5. The van der Waals surface area contributed by atoms with E-state index in [-0.39, 0.29) is 23.3 Å². The lowest BCUT2D eigenvalue weighted by Crippen LogP contribution is -2.22. The minimum absolute atomic E-state index is 0.0535. The molecule has 2 rings (SSSR count). The second-order valence-electron chi connectivity index (χ2n) is 4.83. The van der Waals surface area contributed by atoms with Crippen LogP contribution in [-0.2, 0) is 21.7 Å². The van der Waals surface area contributed by atoms with E-state index >= 15 is 0 Å². The van der Waals surface area contributed by atoms with E-state index in [2.05, 4.69) is 15.5 Å². The van der Waals surface area contributed by atoms with E-state index in [0.29, 0.717) is 18.7 Å². The van der Waals surface area contributed by atoms with Crippen molar-refractivity contribution in [2.24, 2.45) is 7.05 Å². The lowest BCUT2D eigenvalue weighted by molar-refractivity contribution is -0.118. The highest BCUT2D eigenvalue weighted by molar-refractivity contribution is 7.99. The van der Waals surface area contributed by atoms with E-state index in [1.807, 2.05) is 11.6 Å². The number of hydrogen-bond donors (Lipinski definition) is 1. The zero-order chi connectivity index (χ0) is 14.8. The summed E-state index contributed by atoms with van der Waals surface area (Å²) in [6, 6.07) is 0. The van der Waals surface area contributed by atoms with E-state index in [4.69, 9.17) is 0 Å². The predicted octanol–water partition coefficient (Wildman–Crippen LogP) is -0.0546. The van der Waals surface area contributed by atoms with Gasteiger partial charge in [-0.25, -0.2) is 8.42 Å². The van der Waals surface area contributed by atoms with Gasteiger partial charge in [-0.2, -0.15) is 0 Å². The van der Waals surface area contributed by atoms with E-state index in [0.717, 1.165) is 11.0 Å². The number of carbonyl (C=O) groups is 1. The van der Waals surface area contributed by atoms with E-state index in [1.54, 1.807) is 0 Å². The maximum absolute atomic E-state index is 11.5. The van der Waals surface area contributed by atoms with Gasteiger partial charge in [-0.1, -0.05) is 11.8 Å². The standard InChI is InChI=1S/C11H18N4O3S2/c1-8(16)12-4-5-19-11-14-13-10(15(11)2)9-3-6-20(17,18)7-9/h9H,3-7H2,1-2H3,(H,12,16)/t9-/m0/s1. The molecule has 1 saturated heterocycles. The second kappa shape index (κ2) is 6.13. The highest BCUT2D eigenvalue weighted by atomic mass is 32.2. The van der Waals surface area contributed by atoms with Gasteiger partial charge in [-0.05, 0) is 6.42 Å². The summed E-state index contributed by atoms with van der Waals surface area (Å²) in [5.74, 6) is 1.72. The number of sulfone groups is 1. The lowest BCUT2D eigenvalue weighted by Gasteiger charge is -2.08. The molecule has 2 heterocycles. The molecular weight excluding hydrogens is 300 g/mol. The predicted molar refractivity (Wildman–Crippen MR) is 76.4 cm³/mol. The number of nitrogens with one attached hydrogen (secondary N) is 1. The van der Waals surface area contributed by atoms with Gasteiger partial charge < -0.3 is 9.88 Å². The van der Waals surface area contributed by atoms with Gasteiger partial charge in [0.15, 0.2) is 15.0 Å². The van der Waals surface area contributed by atoms with E-state index in [1.165, 1.54) is 18.7 Å². The Hall–Kier alpha value is -1.09. The van der Waals surface area contributed by atoms with Crippen LogP contribution in [0.3, 0.4) is 0 Å². The molecule has 112 valence electrons. The summed E-state index contributed by atoms with van der Waals surface area (Å²) in [4.78, 5) is 10.8. The third kappa shape index (κ3) is 3.72. The number of hydrogen-bond acceptors (Lipinski definition) is 6. The van der Waals surface area contributed by atoms with Crippen LogP contribution in [0.2, 0.25) is 0 Å². The van der Waals surface area contributed by atoms with Crippen LogP contribution >= 0.6 is 11.8 Å². The molecule has 1 aliphatic heterocycles. The number of rotatable bonds is 5. The molecule has 1 aliphatic rings. The fourth-order valence-electron chi connectivity index (χ4n) is 2.18. The third-order valence-electron chi connectivity index (χ3n) is 3.17. The molecule has 0 spiro atoms. The zero-order valence-corrected chi connectivity index (χ0v) is 13.1. The SMILES string of the molecule is CC(=O)NCCSc1nnc([C@H]2CCS(=O)(=O)C2)n1C. The summed E-state index contributed by atoms with van der Waals surface area (Å²) in [7, 11) is -1.07. The molecule has 7 nitrogen and oxygen atoms in total. The number of aromatic nitrogens is 3. The minimum atomic E-state index is -2.92. The van der Waals surface area contributed by atoms with Crippen LogP contribution in [0.15, 0.2) is 5.16 Å². The van der Waals surface area contributed by atoms with Crippen LogP contribution in [0.1, 0.15) is 25.1 Å². The van der Waals surface area contributed by atoms with E-state index in [9.17, 15) is 13.2 Å². The Labute approximate surface area is 122 Å².